The van der Waals surface area contributed by atoms with E-state index in [4.69, 9.17) is 0 Å². The first-order valence-electron chi connectivity index (χ1n) is 5.72. The Bertz CT molecular complexity index is 196. The van der Waals surface area contributed by atoms with Crippen LogP contribution in [0.15, 0.2) is 0 Å². The van der Waals surface area contributed by atoms with Crippen LogP contribution in [0.5, 0.6) is 0 Å². The molecule has 1 saturated carbocycles. The Morgan fingerprint density at radius 2 is 1.60 bits per heavy atom. The third kappa shape index (κ3) is 4.45. The number of halogens is 2. The maximum atomic E-state index is 12.1. The van der Waals surface area contributed by atoms with E-state index >= 15 is 0 Å². The molecule has 1 fully saturated rings. The summed E-state index contributed by atoms with van der Waals surface area (Å²) in [6.07, 6.45) is 0.942. The van der Waals surface area contributed by atoms with E-state index in [2.05, 4.69) is 33.0 Å². The molecule has 0 aromatic rings. The summed E-state index contributed by atoms with van der Waals surface area (Å²) in [6.45, 7) is 8.74. The summed E-state index contributed by atoms with van der Waals surface area (Å²) in [5.41, 5.74) is 0.531. The molecule has 1 nitrogen and oxygen atoms in total. The van der Waals surface area contributed by atoms with E-state index in [1.54, 1.807) is 0 Å². The first-order chi connectivity index (χ1) is 6.70. The number of alkyl halides is 2. The standard InChI is InChI=1S/C12H23F2N/c1-11(2)5-9(15-7-10(13)14)6-12(3,4)8-11/h9-10,15H,5-8H2,1-4H3. The number of hydrogen-bond donors (Lipinski definition) is 1. The SMILES string of the molecule is CC1(C)CC(NCC(F)F)CC(C)(C)C1. The summed E-state index contributed by atoms with van der Waals surface area (Å²) in [5.74, 6) is 0. The maximum Gasteiger partial charge on any atom is 0.250 e. The maximum absolute atomic E-state index is 12.1. The van der Waals surface area contributed by atoms with Crippen LogP contribution in [0.2, 0.25) is 0 Å². The fraction of sp³-hybridized carbons (Fsp3) is 1.00. The van der Waals surface area contributed by atoms with Crippen LogP contribution in [0.25, 0.3) is 0 Å². The Labute approximate surface area is 91.6 Å². The Hall–Kier alpha value is -0.180. The summed E-state index contributed by atoms with van der Waals surface area (Å²) in [4.78, 5) is 0. The second-order valence-corrected chi connectivity index (χ2v) is 6.41. The van der Waals surface area contributed by atoms with Crippen molar-refractivity contribution in [2.45, 2.75) is 59.4 Å². The topological polar surface area (TPSA) is 12.0 Å². The second kappa shape index (κ2) is 4.36. The van der Waals surface area contributed by atoms with Crippen LogP contribution in [0, 0.1) is 10.8 Å². The second-order valence-electron chi connectivity index (χ2n) is 6.41. The Balaban J connectivity index is 2.52. The molecule has 0 heterocycles. The lowest BCUT2D eigenvalue weighted by Gasteiger charge is -2.45. The molecule has 0 saturated heterocycles. The lowest BCUT2D eigenvalue weighted by Crippen LogP contribution is -2.45. The third-order valence-electron chi connectivity index (χ3n) is 3.12. The van der Waals surface area contributed by atoms with Gasteiger partial charge in [0.1, 0.15) is 0 Å². The van der Waals surface area contributed by atoms with Crippen LogP contribution in [0.3, 0.4) is 0 Å². The molecule has 15 heavy (non-hydrogen) atoms. The predicted octanol–water partition coefficient (Wildman–Crippen LogP) is 3.45. The molecule has 1 aliphatic rings. The van der Waals surface area contributed by atoms with Gasteiger partial charge in [-0.3, -0.25) is 0 Å². The van der Waals surface area contributed by atoms with E-state index in [1.807, 2.05) is 0 Å². The van der Waals surface area contributed by atoms with E-state index in [-0.39, 0.29) is 23.4 Å². The Morgan fingerprint density at radius 1 is 1.13 bits per heavy atom. The van der Waals surface area contributed by atoms with Crippen molar-refractivity contribution < 1.29 is 8.78 Å². The average molecular weight is 219 g/mol. The molecular formula is C12H23F2N. The van der Waals surface area contributed by atoms with Crippen molar-refractivity contribution in [2.75, 3.05) is 6.54 Å². The quantitative estimate of drug-likeness (QED) is 0.766. The lowest BCUT2D eigenvalue weighted by molar-refractivity contribution is 0.0713. The number of hydrogen-bond acceptors (Lipinski definition) is 1. The van der Waals surface area contributed by atoms with Crippen molar-refractivity contribution in [1.82, 2.24) is 5.32 Å². The summed E-state index contributed by atoms with van der Waals surface area (Å²) in [6, 6.07) is 0.248. The minimum atomic E-state index is -2.24. The average Bonchev–Trinajstić information content (AvgIpc) is 1.94. The van der Waals surface area contributed by atoms with E-state index in [1.165, 1.54) is 6.42 Å². The minimum Gasteiger partial charge on any atom is -0.309 e. The molecule has 1 rings (SSSR count). The predicted molar refractivity (Wildman–Crippen MR) is 59.2 cm³/mol. The lowest BCUT2D eigenvalue weighted by atomic mass is 9.63. The van der Waals surface area contributed by atoms with E-state index < -0.39 is 6.43 Å². The van der Waals surface area contributed by atoms with Gasteiger partial charge in [-0.15, -0.1) is 0 Å². The molecule has 1 N–H and O–H groups in total. The largest absolute Gasteiger partial charge is 0.309 e. The number of nitrogens with one attached hydrogen (secondary N) is 1. The highest BCUT2D eigenvalue weighted by molar-refractivity contribution is 4.92. The van der Waals surface area contributed by atoms with Gasteiger partial charge in [0.05, 0.1) is 6.54 Å². The molecule has 1 aliphatic carbocycles. The van der Waals surface area contributed by atoms with Gasteiger partial charge in [0.2, 0.25) is 0 Å². The van der Waals surface area contributed by atoms with Crippen molar-refractivity contribution in [3.05, 3.63) is 0 Å². The highest BCUT2D eigenvalue weighted by Crippen LogP contribution is 2.45. The van der Waals surface area contributed by atoms with Crippen LogP contribution in [0.4, 0.5) is 8.78 Å². The highest BCUT2D eigenvalue weighted by atomic mass is 19.3. The zero-order valence-electron chi connectivity index (χ0n) is 10.2. The monoisotopic (exact) mass is 219 g/mol. The molecule has 3 heteroatoms. The molecule has 0 atom stereocenters. The first kappa shape index (κ1) is 12.9. The zero-order valence-corrected chi connectivity index (χ0v) is 10.2. The van der Waals surface area contributed by atoms with Gasteiger partial charge in [0, 0.05) is 6.04 Å². The van der Waals surface area contributed by atoms with Crippen LogP contribution < -0.4 is 5.32 Å². The van der Waals surface area contributed by atoms with Crippen molar-refractivity contribution in [3.8, 4) is 0 Å². The molecule has 90 valence electrons. The number of rotatable bonds is 3. The summed E-state index contributed by atoms with van der Waals surface area (Å²) >= 11 is 0. The molecule has 0 spiro atoms. The van der Waals surface area contributed by atoms with E-state index in [0.29, 0.717) is 0 Å². The van der Waals surface area contributed by atoms with Crippen LogP contribution in [-0.4, -0.2) is 19.0 Å². The van der Waals surface area contributed by atoms with Gasteiger partial charge in [0.15, 0.2) is 0 Å². The van der Waals surface area contributed by atoms with Gasteiger partial charge in [-0.1, -0.05) is 27.7 Å². The zero-order chi connectivity index (χ0) is 11.7. The molecular weight excluding hydrogens is 196 g/mol. The molecule has 0 aromatic heterocycles. The van der Waals surface area contributed by atoms with Gasteiger partial charge in [0.25, 0.3) is 6.43 Å². The van der Waals surface area contributed by atoms with Gasteiger partial charge in [-0.05, 0) is 30.1 Å². The fourth-order valence-electron chi connectivity index (χ4n) is 3.25. The smallest absolute Gasteiger partial charge is 0.250 e. The first-order valence-corrected chi connectivity index (χ1v) is 5.72. The van der Waals surface area contributed by atoms with Gasteiger partial charge >= 0.3 is 0 Å². The summed E-state index contributed by atoms with van der Waals surface area (Å²) in [7, 11) is 0. The Kier molecular flexibility index (Phi) is 3.75. The molecule has 0 unspecified atom stereocenters. The van der Waals surface area contributed by atoms with E-state index in [9.17, 15) is 8.78 Å². The van der Waals surface area contributed by atoms with Crippen LogP contribution in [-0.2, 0) is 0 Å². The normalized spacial score (nSPS) is 25.8. The molecule has 0 bridgehead atoms. The van der Waals surface area contributed by atoms with Crippen molar-refractivity contribution in [2.24, 2.45) is 10.8 Å². The summed E-state index contributed by atoms with van der Waals surface area (Å²) in [5, 5.41) is 2.98. The summed E-state index contributed by atoms with van der Waals surface area (Å²) < 4.78 is 24.2. The van der Waals surface area contributed by atoms with Crippen LogP contribution >= 0.6 is 0 Å². The van der Waals surface area contributed by atoms with Gasteiger partial charge < -0.3 is 5.32 Å². The van der Waals surface area contributed by atoms with Crippen molar-refractivity contribution >= 4 is 0 Å². The molecule has 0 aromatic carbocycles. The van der Waals surface area contributed by atoms with Crippen LogP contribution in [0.1, 0.15) is 47.0 Å². The van der Waals surface area contributed by atoms with Gasteiger partial charge in [-0.2, -0.15) is 0 Å². The Morgan fingerprint density at radius 3 is 2.00 bits per heavy atom. The minimum absolute atomic E-state index is 0.170. The van der Waals surface area contributed by atoms with Crippen molar-refractivity contribution in [3.63, 3.8) is 0 Å². The van der Waals surface area contributed by atoms with E-state index in [0.717, 1.165) is 12.8 Å². The third-order valence-corrected chi connectivity index (χ3v) is 3.12. The highest BCUT2D eigenvalue weighted by Gasteiger charge is 2.38. The molecule has 0 amide bonds. The van der Waals surface area contributed by atoms with Crippen molar-refractivity contribution in [1.29, 1.82) is 0 Å². The molecule has 0 aliphatic heterocycles. The fourth-order valence-corrected chi connectivity index (χ4v) is 3.25. The molecule has 0 radical (unpaired) electrons. The van der Waals surface area contributed by atoms with Gasteiger partial charge in [-0.25, -0.2) is 8.78 Å².